The van der Waals surface area contributed by atoms with Gasteiger partial charge in [0.1, 0.15) is 5.82 Å². The van der Waals surface area contributed by atoms with Crippen LogP contribution in [0.3, 0.4) is 0 Å². The molecular formula is C9H12FNO2. The fraction of sp³-hybridized carbons (Fsp3) is 0.444. The number of nitrogens with zero attached hydrogens (tertiary/aromatic N) is 1. The highest BCUT2D eigenvalue weighted by molar-refractivity contribution is 5.06. The molecule has 0 saturated carbocycles. The standard InChI is InChI=1S/C9H12FNO2/c1-13-6-9(12)4-8-3-2-7(10)5-11-8/h2-3,5,9,12H,4,6H2,1H3. The molecule has 0 amide bonds. The van der Waals surface area contributed by atoms with E-state index in [1.807, 2.05) is 0 Å². The van der Waals surface area contributed by atoms with Crippen LogP contribution >= 0.6 is 0 Å². The van der Waals surface area contributed by atoms with Crippen LogP contribution in [0.2, 0.25) is 0 Å². The van der Waals surface area contributed by atoms with E-state index >= 15 is 0 Å². The molecule has 0 aromatic carbocycles. The highest BCUT2D eigenvalue weighted by atomic mass is 19.1. The molecule has 0 aliphatic rings. The summed E-state index contributed by atoms with van der Waals surface area (Å²) in [6.07, 6.45) is 0.936. The summed E-state index contributed by atoms with van der Waals surface area (Å²) in [6, 6.07) is 2.87. The molecule has 1 aromatic rings. The summed E-state index contributed by atoms with van der Waals surface area (Å²) in [5.41, 5.74) is 0.658. The predicted molar refractivity (Wildman–Crippen MR) is 45.8 cm³/mol. The molecule has 0 fully saturated rings. The zero-order valence-electron chi connectivity index (χ0n) is 7.40. The minimum atomic E-state index is -0.581. The van der Waals surface area contributed by atoms with Crippen molar-refractivity contribution in [2.24, 2.45) is 0 Å². The molecule has 1 aromatic heterocycles. The average Bonchev–Trinajstić information content (AvgIpc) is 2.09. The van der Waals surface area contributed by atoms with Gasteiger partial charge in [0, 0.05) is 19.2 Å². The van der Waals surface area contributed by atoms with Crippen molar-refractivity contribution in [1.29, 1.82) is 0 Å². The monoisotopic (exact) mass is 185 g/mol. The van der Waals surface area contributed by atoms with Gasteiger partial charge in [-0.15, -0.1) is 0 Å². The summed E-state index contributed by atoms with van der Waals surface area (Å²) in [6.45, 7) is 0.263. The lowest BCUT2D eigenvalue weighted by Gasteiger charge is -2.07. The summed E-state index contributed by atoms with van der Waals surface area (Å²) >= 11 is 0. The lowest BCUT2D eigenvalue weighted by Crippen LogP contribution is -2.17. The number of rotatable bonds is 4. The Morgan fingerprint density at radius 1 is 1.62 bits per heavy atom. The van der Waals surface area contributed by atoms with E-state index in [1.165, 1.54) is 13.2 Å². The van der Waals surface area contributed by atoms with Gasteiger partial charge in [-0.3, -0.25) is 4.98 Å². The Balaban J connectivity index is 2.49. The lowest BCUT2D eigenvalue weighted by molar-refractivity contribution is 0.0644. The summed E-state index contributed by atoms with van der Waals surface area (Å²) in [5.74, 6) is -0.370. The predicted octanol–water partition coefficient (Wildman–Crippen LogP) is 0.771. The summed E-state index contributed by atoms with van der Waals surface area (Å²) in [5, 5.41) is 9.31. The second-order valence-corrected chi connectivity index (χ2v) is 2.78. The third kappa shape index (κ3) is 3.48. The number of aromatic nitrogens is 1. The van der Waals surface area contributed by atoms with Gasteiger partial charge < -0.3 is 9.84 Å². The van der Waals surface area contributed by atoms with E-state index in [9.17, 15) is 9.50 Å². The fourth-order valence-corrected chi connectivity index (χ4v) is 1.02. The van der Waals surface area contributed by atoms with E-state index in [4.69, 9.17) is 4.74 Å². The SMILES string of the molecule is COCC(O)Cc1ccc(F)cn1. The van der Waals surface area contributed by atoms with Gasteiger partial charge in [-0.2, -0.15) is 0 Å². The first-order valence-electron chi connectivity index (χ1n) is 4.00. The third-order valence-electron chi connectivity index (χ3n) is 1.59. The molecule has 4 heteroatoms. The molecule has 0 bridgehead atoms. The molecule has 13 heavy (non-hydrogen) atoms. The molecule has 0 aliphatic carbocycles. The molecule has 1 N–H and O–H groups in total. The normalized spacial score (nSPS) is 12.8. The lowest BCUT2D eigenvalue weighted by atomic mass is 10.2. The summed E-state index contributed by atoms with van der Waals surface area (Å²) in [4.78, 5) is 3.81. The van der Waals surface area contributed by atoms with E-state index in [2.05, 4.69) is 4.98 Å². The van der Waals surface area contributed by atoms with Gasteiger partial charge in [-0.25, -0.2) is 4.39 Å². The number of hydrogen-bond acceptors (Lipinski definition) is 3. The van der Waals surface area contributed by atoms with Gasteiger partial charge in [0.25, 0.3) is 0 Å². The highest BCUT2D eigenvalue weighted by Crippen LogP contribution is 2.01. The van der Waals surface area contributed by atoms with Gasteiger partial charge in [-0.1, -0.05) is 0 Å². The van der Waals surface area contributed by atoms with Crippen LogP contribution in [-0.4, -0.2) is 29.9 Å². The molecular weight excluding hydrogens is 173 g/mol. The topological polar surface area (TPSA) is 42.4 Å². The van der Waals surface area contributed by atoms with Crippen molar-refractivity contribution in [3.05, 3.63) is 29.8 Å². The average molecular weight is 185 g/mol. The minimum absolute atomic E-state index is 0.263. The molecule has 0 spiro atoms. The highest BCUT2D eigenvalue weighted by Gasteiger charge is 2.05. The van der Waals surface area contributed by atoms with Crippen LogP contribution in [0.5, 0.6) is 0 Å². The Labute approximate surface area is 76.2 Å². The molecule has 0 radical (unpaired) electrons. The number of aliphatic hydroxyl groups excluding tert-OH is 1. The molecule has 3 nitrogen and oxygen atoms in total. The number of aliphatic hydroxyl groups is 1. The van der Waals surface area contributed by atoms with Crippen LogP contribution in [0.25, 0.3) is 0 Å². The molecule has 1 rings (SSSR count). The first-order chi connectivity index (χ1) is 6.22. The zero-order chi connectivity index (χ0) is 9.68. The van der Waals surface area contributed by atoms with E-state index in [0.717, 1.165) is 6.20 Å². The maximum atomic E-state index is 12.4. The van der Waals surface area contributed by atoms with Crippen LogP contribution in [0.4, 0.5) is 4.39 Å². The van der Waals surface area contributed by atoms with Crippen LogP contribution in [-0.2, 0) is 11.2 Å². The third-order valence-corrected chi connectivity index (χ3v) is 1.59. The van der Waals surface area contributed by atoms with Gasteiger partial charge >= 0.3 is 0 Å². The second kappa shape index (κ2) is 4.89. The number of hydrogen-bond donors (Lipinski definition) is 1. The number of halogens is 1. The molecule has 1 atom stereocenters. The molecule has 72 valence electrons. The first kappa shape index (κ1) is 10.1. The van der Waals surface area contributed by atoms with Crippen molar-refractivity contribution in [2.45, 2.75) is 12.5 Å². The summed E-state index contributed by atoms with van der Waals surface area (Å²) in [7, 11) is 1.52. The molecule has 1 unspecified atom stereocenters. The van der Waals surface area contributed by atoms with Gasteiger partial charge in [-0.05, 0) is 12.1 Å². The van der Waals surface area contributed by atoms with Crippen LogP contribution in [0.15, 0.2) is 18.3 Å². The Morgan fingerprint density at radius 3 is 2.92 bits per heavy atom. The Morgan fingerprint density at radius 2 is 2.38 bits per heavy atom. The van der Waals surface area contributed by atoms with Crippen LogP contribution in [0.1, 0.15) is 5.69 Å². The Hall–Kier alpha value is -1.00. The zero-order valence-corrected chi connectivity index (χ0v) is 7.40. The van der Waals surface area contributed by atoms with E-state index < -0.39 is 6.10 Å². The smallest absolute Gasteiger partial charge is 0.141 e. The molecule has 0 aliphatic heterocycles. The minimum Gasteiger partial charge on any atom is -0.390 e. The summed E-state index contributed by atoms with van der Waals surface area (Å²) < 4.78 is 17.2. The van der Waals surface area contributed by atoms with Crippen LogP contribution < -0.4 is 0 Å². The fourth-order valence-electron chi connectivity index (χ4n) is 1.02. The maximum absolute atomic E-state index is 12.4. The van der Waals surface area contributed by atoms with Gasteiger partial charge in [0.05, 0.1) is 18.9 Å². The molecule has 0 saturated heterocycles. The largest absolute Gasteiger partial charge is 0.390 e. The van der Waals surface area contributed by atoms with Crippen molar-refractivity contribution in [3.63, 3.8) is 0 Å². The number of ether oxygens (including phenoxy) is 1. The second-order valence-electron chi connectivity index (χ2n) is 2.78. The Kier molecular flexibility index (Phi) is 3.79. The van der Waals surface area contributed by atoms with Crippen molar-refractivity contribution >= 4 is 0 Å². The van der Waals surface area contributed by atoms with Gasteiger partial charge in [0.15, 0.2) is 0 Å². The van der Waals surface area contributed by atoms with Crippen molar-refractivity contribution in [3.8, 4) is 0 Å². The van der Waals surface area contributed by atoms with E-state index in [0.29, 0.717) is 12.1 Å². The van der Waals surface area contributed by atoms with E-state index in [1.54, 1.807) is 6.07 Å². The quantitative estimate of drug-likeness (QED) is 0.753. The Bertz CT molecular complexity index is 250. The van der Waals surface area contributed by atoms with Crippen molar-refractivity contribution < 1.29 is 14.2 Å². The van der Waals surface area contributed by atoms with Crippen molar-refractivity contribution in [1.82, 2.24) is 4.98 Å². The molecule has 1 heterocycles. The number of methoxy groups -OCH3 is 1. The van der Waals surface area contributed by atoms with E-state index in [-0.39, 0.29) is 12.4 Å². The van der Waals surface area contributed by atoms with Gasteiger partial charge in [0.2, 0.25) is 0 Å². The van der Waals surface area contributed by atoms with Crippen LogP contribution in [0, 0.1) is 5.82 Å². The number of pyridine rings is 1. The maximum Gasteiger partial charge on any atom is 0.141 e. The first-order valence-corrected chi connectivity index (χ1v) is 4.00. The van der Waals surface area contributed by atoms with Crippen molar-refractivity contribution in [2.75, 3.05) is 13.7 Å².